The first kappa shape index (κ1) is 19.7. The van der Waals surface area contributed by atoms with Crippen LogP contribution in [0.25, 0.3) is 22.6 Å². The molecule has 0 saturated carbocycles. The van der Waals surface area contributed by atoms with Crippen molar-refractivity contribution in [2.75, 3.05) is 5.32 Å². The number of carboxylic acids is 1. The molecule has 7 heteroatoms. The molecule has 1 aliphatic heterocycles. The summed E-state index contributed by atoms with van der Waals surface area (Å²) < 4.78 is 1.70. The molecule has 0 aliphatic carbocycles. The third kappa shape index (κ3) is 3.24. The van der Waals surface area contributed by atoms with E-state index in [9.17, 15) is 14.7 Å². The lowest BCUT2D eigenvalue weighted by molar-refractivity contribution is 0.0697. The third-order valence-electron chi connectivity index (χ3n) is 5.79. The number of fused-ring (bicyclic) bond motifs is 3. The maximum atomic E-state index is 13.0. The molecule has 0 amide bonds. The molecule has 3 aromatic carbocycles. The van der Waals surface area contributed by atoms with Gasteiger partial charge in [-0.3, -0.25) is 4.79 Å². The van der Waals surface area contributed by atoms with Crippen LogP contribution in [0.3, 0.4) is 0 Å². The van der Waals surface area contributed by atoms with E-state index in [1.165, 1.54) is 0 Å². The van der Waals surface area contributed by atoms with Crippen LogP contribution in [-0.2, 0) is 0 Å². The van der Waals surface area contributed by atoms with Gasteiger partial charge in [-0.1, -0.05) is 36.4 Å². The minimum absolute atomic E-state index is 0.201. The SMILES string of the molecule is Cc1ccc(-c2nn3c(nc2=O)-c2ccccc2N[C@@H]3c2ccc(C(=O)O)cc2)cc1C. The van der Waals surface area contributed by atoms with Crippen molar-refractivity contribution in [3.05, 3.63) is 99.3 Å². The summed E-state index contributed by atoms with van der Waals surface area (Å²) in [5.74, 6) is -0.524. The highest BCUT2D eigenvalue weighted by molar-refractivity contribution is 5.87. The fourth-order valence-electron chi connectivity index (χ4n) is 3.88. The first-order valence-corrected chi connectivity index (χ1v) is 10.2. The van der Waals surface area contributed by atoms with Gasteiger partial charge >= 0.3 is 5.97 Å². The Morgan fingerprint density at radius 3 is 2.47 bits per heavy atom. The number of nitrogens with one attached hydrogen (secondary N) is 1. The molecule has 2 N–H and O–H groups in total. The molecule has 4 aromatic rings. The van der Waals surface area contributed by atoms with Crippen LogP contribution in [0.1, 0.15) is 33.2 Å². The van der Waals surface area contributed by atoms with Crippen molar-refractivity contribution in [1.29, 1.82) is 0 Å². The molecule has 1 aliphatic rings. The fraction of sp³-hybridized carbons (Fsp3) is 0.120. The minimum atomic E-state index is -0.987. The molecule has 0 radical (unpaired) electrons. The number of aryl methyl sites for hydroxylation is 2. The van der Waals surface area contributed by atoms with Crippen LogP contribution in [0, 0.1) is 13.8 Å². The Labute approximate surface area is 184 Å². The van der Waals surface area contributed by atoms with E-state index in [1.54, 1.807) is 28.9 Å². The predicted molar refractivity (Wildman–Crippen MR) is 122 cm³/mol. The average molecular weight is 424 g/mol. The maximum absolute atomic E-state index is 13.0. The first-order valence-electron chi connectivity index (χ1n) is 10.2. The Hall–Kier alpha value is -4.26. The number of carbonyl (C=O) groups is 1. The van der Waals surface area contributed by atoms with Gasteiger partial charge in [-0.15, -0.1) is 0 Å². The normalized spacial score (nSPS) is 14.2. The summed E-state index contributed by atoms with van der Waals surface area (Å²) in [6.07, 6.45) is -0.457. The average Bonchev–Trinajstić information content (AvgIpc) is 2.80. The van der Waals surface area contributed by atoms with Gasteiger partial charge in [0.15, 0.2) is 11.5 Å². The van der Waals surface area contributed by atoms with Gasteiger partial charge in [0.2, 0.25) is 0 Å². The standard InChI is InChI=1S/C25H20N4O3/c1-14-7-8-18(13-15(14)2)21-24(30)27-23-19-5-3-4-6-20(19)26-22(29(23)28-21)16-9-11-17(12-10-16)25(31)32/h3-13,22,26H,1-2H3,(H,31,32)/t22-/m0/s1. The summed E-state index contributed by atoms with van der Waals surface area (Å²) in [5.41, 5.74) is 5.39. The van der Waals surface area contributed by atoms with Crippen molar-refractivity contribution >= 4 is 11.7 Å². The van der Waals surface area contributed by atoms with Crippen LogP contribution < -0.4 is 10.9 Å². The van der Waals surface area contributed by atoms with Gasteiger partial charge in [0, 0.05) is 16.8 Å². The van der Waals surface area contributed by atoms with Gasteiger partial charge in [-0.2, -0.15) is 10.1 Å². The molecule has 0 spiro atoms. The fourth-order valence-corrected chi connectivity index (χ4v) is 3.88. The first-order chi connectivity index (χ1) is 15.4. The Kier molecular flexibility index (Phi) is 4.59. The Bertz CT molecular complexity index is 1420. The van der Waals surface area contributed by atoms with Crippen LogP contribution in [0.5, 0.6) is 0 Å². The molecule has 0 fully saturated rings. The number of rotatable bonds is 3. The molecule has 2 heterocycles. The molecule has 7 nitrogen and oxygen atoms in total. The second-order valence-electron chi connectivity index (χ2n) is 7.85. The zero-order chi connectivity index (χ0) is 22.4. The number of anilines is 1. The highest BCUT2D eigenvalue weighted by atomic mass is 16.4. The van der Waals surface area contributed by atoms with Gasteiger partial charge in [0.25, 0.3) is 5.56 Å². The molecule has 0 unspecified atom stereocenters. The largest absolute Gasteiger partial charge is 0.478 e. The summed E-state index contributed by atoms with van der Waals surface area (Å²) in [5, 5.41) is 17.4. The lowest BCUT2D eigenvalue weighted by atomic mass is 10.0. The Balaban J connectivity index is 1.71. The molecule has 1 aromatic heterocycles. The van der Waals surface area contributed by atoms with E-state index < -0.39 is 17.7 Å². The zero-order valence-corrected chi connectivity index (χ0v) is 17.5. The van der Waals surface area contributed by atoms with Crippen molar-refractivity contribution in [1.82, 2.24) is 14.8 Å². The van der Waals surface area contributed by atoms with Gasteiger partial charge in [0.1, 0.15) is 6.17 Å². The molecule has 1 atom stereocenters. The molecular weight excluding hydrogens is 404 g/mol. The summed E-state index contributed by atoms with van der Waals surface area (Å²) in [7, 11) is 0. The molecule has 0 bridgehead atoms. The van der Waals surface area contributed by atoms with Gasteiger partial charge in [0.05, 0.1) is 5.56 Å². The monoisotopic (exact) mass is 424 g/mol. The van der Waals surface area contributed by atoms with Gasteiger partial charge in [-0.05, 0) is 60.9 Å². The summed E-state index contributed by atoms with van der Waals surface area (Å²) in [4.78, 5) is 28.7. The highest BCUT2D eigenvalue weighted by Crippen LogP contribution is 2.36. The van der Waals surface area contributed by atoms with Gasteiger partial charge in [-0.25, -0.2) is 9.48 Å². The number of hydrogen-bond acceptors (Lipinski definition) is 5. The smallest absolute Gasteiger partial charge is 0.335 e. The van der Waals surface area contributed by atoms with Crippen LogP contribution >= 0.6 is 0 Å². The quantitative estimate of drug-likeness (QED) is 0.510. The van der Waals surface area contributed by atoms with E-state index >= 15 is 0 Å². The maximum Gasteiger partial charge on any atom is 0.335 e. The number of nitrogens with zero attached hydrogens (tertiary/aromatic N) is 3. The predicted octanol–water partition coefficient (Wildman–Crippen LogP) is 4.26. The Morgan fingerprint density at radius 1 is 1.00 bits per heavy atom. The van der Waals surface area contributed by atoms with Crippen LogP contribution in [0.4, 0.5) is 5.69 Å². The summed E-state index contributed by atoms with van der Waals surface area (Å²) in [6.45, 7) is 4.01. The number of para-hydroxylation sites is 1. The molecule has 158 valence electrons. The Morgan fingerprint density at radius 2 is 1.75 bits per heavy atom. The van der Waals surface area contributed by atoms with Crippen molar-refractivity contribution in [2.45, 2.75) is 20.0 Å². The van der Waals surface area contributed by atoms with Crippen molar-refractivity contribution in [2.24, 2.45) is 0 Å². The minimum Gasteiger partial charge on any atom is -0.478 e. The van der Waals surface area contributed by atoms with E-state index in [4.69, 9.17) is 5.10 Å². The second-order valence-corrected chi connectivity index (χ2v) is 7.85. The van der Waals surface area contributed by atoms with E-state index in [0.29, 0.717) is 11.4 Å². The zero-order valence-electron chi connectivity index (χ0n) is 17.5. The van der Waals surface area contributed by atoms with Gasteiger partial charge < -0.3 is 10.4 Å². The lowest BCUT2D eigenvalue weighted by Crippen LogP contribution is -2.32. The third-order valence-corrected chi connectivity index (χ3v) is 5.79. The summed E-state index contributed by atoms with van der Waals surface area (Å²) >= 11 is 0. The summed E-state index contributed by atoms with van der Waals surface area (Å²) in [6, 6.07) is 20.0. The van der Waals surface area contributed by atoms with Crippen LogP contribution in [0.2, 0.25) is 0 Å². The van der Waals surface area contributed by atoms with E-state index in [0.717, 1.165) is 27.9 Å². The van der Waals surface area contributed by atoms with E-state index in [2.05, 4.69) is 10.3 Å². The highest BCUT2D eigenvalue weighted by Gasteiger charge is 2.28. The van der Waals surface area contributed by atoms with Crippen molar-refractivity contribution < 1.29 is 9.90 Å². The van der Waals surface area contributed by atoms with Crippen molar-refractivity contribution in [3.8, 4) is 22.6 Å². The molecule has 0 saturated heterocycles. The molecule has 5 rings (SSSR count). The van der Waals surface area contributed by atoms with E-state index in [1.807, 2.05) is 56.3 Å². The molecule has 32 heavy (non-hydrogen) atoms. The van der Waals surface area contributed by atoms with Crippen LogP contribution in [-0.4, -0.2) is 25.8 Å². The second kappa shape index (κ2) is 7.46. The number of benzene rings is 3. The van der Waals surface area contributed by atoms with Crippen LogP contribution in [0.15, 0.2) is 71.5 Å². The number of aromatic carboxylic acids is 1. The number of aromatic nitrogens is 3. The topological polar surface area (TPSA) is 97.1 Å². The number of hydrogen-bond donors (Lipinski definition) is 2. The lowest BCUT2D eigenvalue weighted by Gasteiger charge is -2.30. The molecular formula is C25H20N4O3. The van der Waals surface area contributed by atoms with E-state index in [-0.39, 0.29) is 11.3 Å². The number of carboxylic acid groups (broad SMARTS) is 1. The van der Waals surface area contributed by atoms with Crippen molar-refractivity contribution in [3.63, 3.8) is 0 Å².